The number of anilines is 1. The van der Waals surface area contributed by atoms with Crippen LogP contribution in [0.3, 0.4) is 0 Å². The average Bonchev–Trinajstić information content (AvgIpc) is 2.65. The highest BCUT2D eigenvalue weighted by Gasteiger charge is 2.17. The highest BCUT2D eigenvalue weighted by molar-refractivity contribution is 5.92. The minimum Gasteiger partial charge on any atom is -0.383 e. The highest BCUT2D eigenvalue weighted by Crippen LogP contribution is 2.09. The molecule has 0 bridgehead atoms. The number of carbonyl (C=O) groups is 2. The van der Waals surface area contributed by atoms with E-state index in [2.05, 4.69) is 5.32 Å². The van der Waals surface area contributed by atoms with Gasteiger partial charge in [0.2, 0.25) is 11.8 Å². The Bertz CT molecular complexity index is 771. The second-order valence-electron chi connectivity index (χ2n) is 6.52. The van der Waals surface area contributed by atoms with Crippen LogP contribution in [-0.2, 0) is 20.9 Å². The Morgan fingerprint density at radius 1 is 1.07 bits per heavy atom. The molecule has 150 valence electrons. The molecule has 2 aromatic carbocycles. The second-order valence-corrected chi connectivity index (χ2v) is 6.52. The Hall–Kier alpha value is -2.77. The van der Waals surface area contributed by atoms with Crippen molar-refractivity contribution in [3.63, 3.8) is 0 Å². The van der Waals surface area contributed by atoms with Crippen molar-refractivity contribution in [2.45, 2.75) is 6.54 Å². The summed E-state index contributed by atoms with van der Waals surface area (Å²) < 4.78 is 18.3. The lowest BCUT2D eigenvalue weighted by molar-refractivity contribution is -0.133. The third kappa shape index (κ3) is 7.46. The number of nitrogens with zero attached hydrogens (tertiary/aromatic N) is 2. The molecule has 6 nitrogen and oxygen atoms in total. The number of hydrogen-bond donors (Lipinski definition) is 1. The molecule has 0 aromatic heterocycles. The average molecular weight is 387 g/mol. The van der Waals surface area contributed by atoms with Crippen LogP contribution in [0.1, 0.15) is 5.56 Å². The molecular formula is C21H26FN3O3. The molecule has 2 amide bonds. The first kappa shape index (κ1) is 21.5. The zero-order valence-electron chi connectivity index (χ0n) is 16.2. The maximum absolute atomic E-state index is 13.2. The Morgan fingerprint density at radius 3 is 2.50 bits per heavy atom. The van der Waals surface area contributed by atoms with Crippen molar-refractivity contribution < 1.29 is 18.7 Å². The van der Waals surface area contributed by atoms with E-state index in [1.54, 1.807) is 30.0 Å². The van der Waals surface area contributed by atoms with Crippen molar-refractivity contribution in [2.24, 2.45) is 0 Å². The molecule has 2 aromatic rings. The van der Waals surface area contributed by atoms with Crippen molar-refractivity contribution >= 4 is 17.5 Å². The van der Waals surface area contributed by atoms with Gasteiger partial charge in [0.1, 0.15) is 5.82 Å². The van der Waals surface area contributed by atoms with E-state index in [0.29, 0.717) is 25.4 Å². The van der Waals surface area contributed by atoms with E-state index >= 15 is 0 Å². The topological polar surface area (TPSA) is 61.9 Å². The Balaban J connectivity index is 1.88. The number of ether oxygens (including phenoxy) is 1. The summed E-state index contributed by atoms with van der Waals surface area (Å²) in [6.45, 7) is 1.49. The zero-order valence-corrected chi connectivity index (χ0v) is 16.2. The number of methoxy groups -OCH3 is 1. The van der Waals surface area contributed by atoms with Gasteiger partial charge < -0.3 is 15.0 Å². The predicted molar refractivity (Wildman–Crippen MR) is 106 cm³/mol. The first-order chi connectivity index (χ1) is 13.5. The van der Waals surface area contributed by atoms with Gasteiger partial charge in [-0.2, -0.15) is 0 Å². The van der Waals surface area contributed by atoms with Gasteiger partial charge in [-0.05, 0) is 30.8 Å². The summed E-state index contributed by atoms with van der Waals surface area (Å²) in [5.41, 5.74) is 1.41. The summed E-state index contributed by atoms with van der Waals surface area (Å²) in [5.74, 6) is -0.828. The number of likely N-dealkylation sites (N-methyl/N-ethyl adjacent to an activating group) is 1. The third-order valence-electron chi connectivity index (χ3n) is 4.06. The quantitative estimate of drug-likeness (QED) is 0.680. The Kier molecular flexibility index (Phi) is 8.58. The molecule has 0 unspecified atom stereocenters. The van der Waals surface area contributed by atoms with Crippen molar-refractivity contribution in [2.75, 3.05) is 45.7 Å². The molecular weight excluding hydrogens is 361 g/mol. The van der Waals surface area contributed by atoms with Crippen LogP contribution in [0, 0.1) is 5.82 Å². The van der Waals surface area contributed by atoms with Crippen LogP contribution < -0.4 is 5.32 Å². The van der Waals surface area contributed by atoms with E-state index < -0.39 is 5.82 Å². The standard InChI is InChI=1S/C21H26FN3O3/c1-24(15-20(26)23-19-10-6-9-18(22)13-19)16-21(27)25(11-12-28-2)14-17-7-4-3-5-8-17/h3-10,13H,11-12,14-16H2,1-2H3,(H,23,26). The maximum atomic E-state index is 13.2. The van der Waals surface area contributed by atoms with E-state index in [1.165, 1.54) is 18.2 Å². The lowest BCUT2D eigenvalue weighted by Gasteiger charge is -2.25. The van der Waals surface area contributed by atoms with Crippen LogP contribution >= 0.6 is 0 Å². The van der Waals surface area contributed by atoms with E-state index in [0.717, 1.165) is 5.56 Å². The molecule has 0 radical (unpaired) electrons. The number of hydrogen-bond acceptors (Lipinski definition) is 4. The Morgan fingerprint density at radius 2 is 1.82 bits per heavy atom. The van der Waals surface area contributed by atoms with E-state index in [4.69, 9.17) is 4.74 Å². The van der Waals surface area contributed by atoms with Gasteiger partial charge >= 0.3 is 0 Å². The lowest BCUT2D eigenvalue weighted by atomic mass is 10.2. The molecule has 0 fully saturated rings. The lowest BCUT2D eigenvalue weighted by Crippen LogP contribution is -2.42. The number of amides is 2. The summed E-state index contributed by atoms with van der Waals surface area (Å²) in [6.07, 6.45) is 0. The SMILES string of the molecule is COCCN(Cc1ccccc1)C(=O)CN(C)CC(=O)Nc1cccc(F)c1. The summed E-state index contributed by atoms with van der Waals surface area (Å²) in [7, 11) is 3.29. The molecule has 0 aliphatic heterocycles. The largest absolute Gasteiger partial charge is 0.383 e. The second kappa shape index (κ2) is 11.2. The van der Waals surface area contributed by atoms with Gasteiger partial charge in [-0.3, -0.25) is 14.5 Å². The number of halogens is 1. The van der Waals surface area contributed by atoms with Gasteiger partial charge in [0.25, 0.3) is 0 Å². The number of rotatable bonds is 10. The summed E-state index contributed by atoms with van der Waals surface area (Å²) >= 11 is 0. The highest BCUT2D eigenvalue weighted by atomic mass is 19.1. The fraction of sp³-hybridized carbons (Fsp3) is 0.333. The van der Waals surface area contributed by atoms with Crippen molar-refractivity contribution in [1.29, 1.82) is 0 Å². The molecule has 1 N–H and O–H groups in total. The molecule has 0 spiro atoms. The fourth-order valence-corrected chi connectivity index (χ4v) is 2.70. The number of carbonyl (C=O) groups excluding carboxylic acids is 2. The molecule has 7 heteroatoms. The number of nitrogens with one attached hydrogen (secondary N) is 1. The third-order valence-corrected chi connectivity index (χ3v) is 4.06. The van der Waals surface area contributed by atoms with Gasteiger partial charge in [-0.1, -0.05) is 36.4 Å². The van der Waals surface area contributed by atoms with Gasteiger partial charge in [-0.15, -0.1) is 0 Å². The monoisotopic (exact) mass is 387 g/mol. The minimum absolute atomic E-state index is 0.0196. The maximum Gasteiger partial charge on any atom is 0.238 e. The molecule has 0 heterocycles. The fourth-order valence-electron chi connectivity index (χ4n) is 2.70. The Labute approximate surface area is 164 Å². The molecule has 0 saturated heterocycles. The molecule has 0 atom stereocenters. The van der Waals surface area contributed by atoms with Crippen LogP contribution in [-0.4, -0.2) is 62.0 Å². The van der Waals surface area contributed by atoms with Crippen molar-refractivity contribution in [3.05, 3.63) is 66.0 Å². The van der Waals surface area contributed by atoms with Crippen LogP contribution in [0.4, 0.5) is 10.1 Å². The smallest absolute Gasteiger partial charge is 0.238 e. The molecule has 0 aliphatic carbocycles. The van der Waals surface area contributed by atoms with Gasteiger partial charge in [0.05, 0.1) is 19.7 Å². The summed E-state index contributed by atoms with van der Waals surface area (Å²) in [6, 6.07) is 15.4. The summed E-state index contributed by atoms with van der Waals surface area (Å²) in [4.78, 5) is 28.2. The van der Waals surface area contributed by atoms with Crippen LogP contribution in [0.25, 0.3) is 0 Å². The minimum atomic E-state index is -0.420. The molecule has 0 saturated carbocycles. The van der Waals surface area contributed by atoms with E-state index in [9.17, 15) is 14.0 Å². The number of benzene rings is 2. The van der Waals surface area contributed by atoms with E-state index in [-0.39, 0.29) is 24.9 Å². The predicted octanol–water partition coefficient (Wildman–Crippen LogP) is 2.37. The first-order valence-corrected chi connectivity index (χ1v) is 9.02. The summed E-state index contributed by atoms with van der Waals surface area (Å²) in [5, 5.41) is 2.62. The molecule has 0 aliphatic rings. The van der Waals surface area contributed by atoms with Crippen LogP contribution in [0.2, 0.25) is 0 Å². The van der Waals surface area contributed by atoms with Gasteiger partial charge in [0, 0.05) is 25.9 Å². The van der Waals surface area contributed by atoms with Crippen LogP contribution in [0.15, 0.2) is 54.6 Å². The van der Waals surface area contributed by atoms with Gasteiger partial charge in [-0.25, -0.2) is 4.39 Å². The molecule has 2 rings (SSSR count). The van der Waals surface area contributed by atoms with Crippen molar-refractivity contribution in [1.82, 2.24) is 9.80 Å². The van der Waals surface area contributed by atoms with Crippen LogP contribution in [0.5, 0.6) is 0 Å². The van der Waals surface area contributed by atoms with E-state index in [1.807, 2.05) is 30.3 Å². The van der Waals surface area contributed by atoms with Gasteiger partial charge in [0.15, 0.2) is 0 Å². The first-order valence-electron chi connectivity index (χ1n) is 9.02. The molecule has 28 heavy (non-hydrogen) atoms. The van der Waals surface area contributed by atoms with Crippen molar-refractivity contribution in [3.8, 4) is 0 Å². The zero-order chi connectivity index (χ0) is 20.4. The normalized spacial score (nSPS) is 10.7.